The molecule has 0 bridgehead atoms. The lowest BCUT2D eigenvalue weighted by molar-refractivity contribution is -0.114. The van der Waals surface area contributed by atoms with Crippen LogP contribution in [0, 0.1) is 5.41 Å². The Hall–Kier alpha value is -1.35. The van der Waals surface area contributed by atoms with Gasteiger partial charge < -0.3 is 20.3 Å². The highest BCUT2D eigenvalue weighted by molar-refractivity contribution is 14.0. The van der Waals surface area contributed by atoms with Crippen molar-refractivity contribution in [1.29, 1.82) is 0 Å². The average Bonchev–Trinajstić information content (AvgIpc) is 3.29. The molecule has 1 spiro atoms. The van der Waals surface area contributed by atoms with E-state index in [1.807, 2.05) is 18.2 Å². The zero-order valence-corrected chi connectivity index (χ0v) is 18.6. The van der Waals surface area contributed by atoms with Crippen molar-refractivity contribution in [3.8, 4) is 0 Å². The lowest BCUT2D eigenvalue weighted by atomic mass is 9.87. The predicted octanol–water partition coefficient (Wildman–Crippen LogP) is 2.88. The summed E-state index contributed by atoms with van der Waals surface area (Å²) in [6.45, 7) is 8.70. The number of rotatable bonds is 5. The second-order valence-electron chi connectivity index (χ2n) is 7.25. The number of halogens is 1. The van der Waals surface area contributed by atoms with Crippen LogP contribution >= 0.6 is 24.0 Å². The van der Waals surface area contributed by atoms with Gasteiger partial charge in [-0.1, -0.05) is 19.1 Å². The number of guanidine groups is 1. The molecular formula is C20H31IN4O2. The second kappa shape index (κ2) is 10.3. The number of nitrogens with one attached hydrogen (secondary N) is 2. The Kier molecular flexibility index (Phi) is 8.34. The Labute approximate surface area is 179 Å². The third-order valence-electron chi connectivity index (χ3n) is 5.25. The van der Waals surface area contributed by atoms with Crippen LogP contribution in [-0.2, 0) is 16.0 Å². The molecule has 3 rings (SSSR count). The molecular weight excluding hydrogens is 455 g/mol. The fraction of sp³-hybridized carbons (Fsp3) is 0.600. The van der Waals surface area contributed by atoms with E-state index in [2.05, 4.69) is 40.4 Å². The summed E-state index contributed by atoms with van der Waals surface area (Å²) in [5.74, 6) is 0.737. The lowest BCUT2D eigenvalue weighted by Crippen LogP contribution is -2.42. The maximum absolute atomic E-state index is 12.3. The SMILES string of the molecule is CCNC(=NCC(=O)Nc1cccc(CC)c1)N1CCC2(CCOC2)C1.I. The van der Waals surface area contributed by atoms with Crippen molar-refractivity contribution in [2.75, 3.05) is 44.7 Å². The minimum Gasteiger partial charge on any atom is -0.381 e. The van der Waals surface area contributed by atoms with Gasteiger partial charge in [0.2, 0.25) is 5.91 Å². The number of hydrogen-bond donors (Lipinski definition) is 2. The number of benzene rings is 1. The molecule has 6 nitrogen and oxygen atoms in total. The van der Waals surface area contributed by atoms with Crippen LogP contribution in [0.3, 0.4) is 0 Å². The van der Waals surface area contributed by atoms with Crippen molar-refractivity contribution in [3.63, 3.8) is 0 Å². The van der Waals surface area contributed by atoms with Gasteiger partial charge in [-0.25, -0.2) is 4.99 Å². The molecule has 1 aromatic rings. The Morgan fingerprint density at radius 3 is 2.89 bits per heavy atom. The van der Waals surface area contributed by atoms with E-state index in [4.69, 9.17) is 4.74 Å². The summed E-state index contributed by atoms with van der Waals surface area (Å²) in [6.07, 6.45) is 3.21. The van der Waals surface area contributed by atoms with Crippen LogP contribution < -0.4 is 10.6 Å². The number of aliphatic imine (C=N–C) groups is 1. The largest absolute Gasteiger partial charge is 0.381 e. The van der Waals surface area contributed by atoms with Crippen LogP contribution in [0.5, 0.6) is 0 Å². The van der Waals surface area contributed by atoms with Crippen molar-refractivity contribution >= 4 is 41.5 Å². The summed E-state index contributed by atoms with van der Waals surface area (Å²) in [4.78, 5) is 19.1. The summed E-state index contributed by atoms with van der Waals surface area (Å²) in [5, 5.41) is 6.26. The number of ether oxygens (including phenoxy) is 1. The second-order valence-corrected chi connectivity index (χ2v) is 7.25. The Balaban J connectivity index is 0.00000261. The number of hydrogen-bond acceptors (Lipinski definition) is 3. The Morgan fingerprint density at radius 2 is 2.19 bits per heavy atom. The van der Waals surface area contributed by atoms with Gasteiger partial charge in [0.05, 0.1) is 6.61 Å². The lowest BCUT2D eigenvalue weighted by Gasteiger charge is -2.24. The van der Waals surface area contributed by atoms with Crippen molar-refractivity contribution in [1.82, 2.24) is 10.2 Å². The molecule has 0 aromatic heterocycles. The van der Waals surface area contributed by atoms with Gasteiger partial charge in [0.25, 0.3) is 0 Å². The van der Waals surface area contributed by atoms with E-state index in [9.17, 15) is 4.79 Å². The molecule has 2 heterocycles. The maximum Gasteiger partial charge on any atom is 0.246 e. The van der Waals surface area contributed by atoms with E-state index >= 15 is 0 Å². The molecule has 1 aromatic carbocycles. The number of likely N-dealkylation sites (tertiary alicyclic amines) is 1. The molecule has 0 radical (unpaired) electrons. The monoisotopic (exact) mass is 486 g/mol. The first-order valence-corrected chi connectivity index (χ1v) is 9.64. The van der Waals surface area contributed by atoms with Crippen LogP contribution in [-0.4, -0.2) is 56.2 Å². The molecule has 2 aliphatic rings. The third kappa shape index (κ3) is 5.81. The number of nitrogens with zero attached hydrogens (tertiary/aromatic N) is 2. The third-order valence-corrected chi connectivity index (χ3v) is 5.25. The summed E-state index contributed by atoms with van der Waals surface area (Å²) >= 11 is 0. The molecule has 1 amide bonds. The van der Waals surface area contributed by atoms with Crippen LogP contribution in [0.4, 0.5) is 5.69 Å². The number of aryl methyl sites for hydroxylation is 1. The van der Waals surface area contributed by atoms with Gasteiger partial charge in [-0.3, -0.25) is 4.79 Å². The Bertz CT molecular complexity index is 659. The van der Waals surface area contributed by atoms with Crippen molar-refractivity contribution < 1.29 is 9.53 Å². The molecule has 27 heavy (non-hydrogen) atoms. The fourth-order valence-electron chi connectivity index (χ4n) is 3.73. The zero-order chi connectivity index (χ0) is 18.4. The normalized spacial score (nSPS) is 22.0. The highest BCUT2D eigenvalue weighted by Crippen LogP contribution is 2.38. The molecule has 0 aliphatic carbocycles. The molecule has 2 saturated heterocycles. The van der Waals surface area contributed by atoms with Crippen LogP contribution in [0.1, 0.15) is 32.3 Å². The van der Waals surface area contributed by atoms with Crippen LogP contribution in [0.25, 0.3) is 0 Å². The highest BCUT2D eigenvalue weighted by Gasteiger charge is 2.42. The van der Waals surface area contributed by atoms with Crippen LogP contribution in [0.15, 0.2) is 29.3 Å². The minimum atomic E-state index is -0.0910. The zero-order valence-electron chi connectivity index (χ0n) is 16.3. The van der Waals surface area contributed by atoms with E-state index in [0.717, 1.165) is 63.8 Å². The van der Waals surface area contributed by atoms with E-state index < -0.39 is 0 Å². The first-order valence-electron chi connectivity index (χ1n) is 9.64. The van der Waals surface area contributed by atoms with Gasteiger partial charge in [0.1, 0.15) is 6.54 Å². The molecule has 150 valence electrons. The van der Waals surface area contributed by atoms with Crippen LogP contribution in [0.2, 0.25) is 0 Å². The van der Waals surface area contributed by atoms with Gasteiger partial charge in [0.15, 0.2) is 5.96 Å². The van der Waals surface area contributed by atoms with Gasteiger partial charge in [0, 0.05) is 37.3 Å². The molecule has 7 heteroatoms. The van der Waals surface area contributed by atoms with E-state index in [0.29, 0.717) is 0 Å². The molecule has 0 saturated carbocycles. The average molecular weight is 486 g/mol. The molecule has 2 fully saturated rings. The van der Waals surface area contributed by atoms with E-state index in [1.165, 1.54) is 5.56 Å². The van der Waals surface area contributed by atoms with Gasteiger partial charge >= 0.3 is 0 Å². The topological polar surface area (TPSA) is 66.0 Å². The van der Waals surface area contributed by atoms with Gasteiger partial charge in [-0.15, -0.1) is 24.0 Å². The standard InChI is InChI=1S/C20H30N4O2.HI/c1-3-16-6-5-7-17(12-16)23-18(25)13-22-19(21-4-2)24-10-8-20(14-24)9-11-26-15-20;/h5-7,12H,3-4,8-11,13-15H2,1-2H3,(H,21,22)(H,23,25);1H. The summed E-state index contributed by atoms with van der Waals surface area (Å²) < 4.78 is 5.60. The smallest absolute Gasteiger partial charge is 0.246 e. The first-order chi connectivity index (χ1) is 12.6. The fourth-order valence-corrected chi connectivity index (χ4v) is 3.73. The van der Waals surface area contributed by atoms with E-state index in [-0.39, 0.29) is 41.8 Å². The number of carbonyl (C=O) groups excluding carboxylic acids is 1. The van der Waals surface area contributed by atoms with Crippen molar-refractivity contribution in [2.45, 2.75) is 33.1 Å². The molecule has 1 unspecified atom stereocenters. The maximum atomic E-state index is 12.3. The first kappa shape index (κ1) is 21.9. The number of amides is 1. The highest BCUT2D eigenvalue weighted by atomic mass is 127. The summed E-state index contributed by atoms with van der Waals surface area (Å²) in [7, 11) is 0. The molecule has 1 atom stereocenters. The minimum absolute atomic E-state index is 0. The molecule has 2 aliphatic heterocycles. The summed E-state index contributed by atoms with van der Waals surface area (Å²) in [5.41, 5.74) is 2.32. The molecule has 2 N–H and O–H groups in total. The van der Waals surface area contributed by atoms with Crippen molar-refractivity contribution in [2.24, 2.45) is 10.4 Å². The summed E-state index contributed by atoms with van der Waals surface area (Å²) in [6, 6.07) is 7.95. The van der Waals surface area contributed by atoms with Gasteiger partial charge in [-0.2, -0.15) is 0 Å². The van der Waals surface area contributed by atoms with Crippen molar-refractivity contribution in [3.05, 3.63) is 29.8 Å². The van der Waals surface area contributed by atoms with Gasteiger partial charge in [-0.05, 0) is 43.9 Å². The predicted molar refractivity (Wildman–Crippen MR) is 120 cm³/mol. The Morgan fingerprint density at radius 1 is 1.33 bits per heavy atom. The van der Waals surface area contributed by atoms with E-state index in [1.54, 1.807) is 0 Å². The number of anilines is 1. The number of carbonyl (C=O) groups is 1. The quantitative estimate of drug-likeness (QED) is 0.382.